The van der Waals surface area contributed by atoms with E-state index < -0.39 is 0 Å². The standard InChI is InChI=1S/C13H19NO2/c1-4-6-12(15)10-7-8-13(16-3)11(9-10)14-5-2/h7-9,14H,4-6H2,1-3H3. The third-order valence-electron chi connectivity index (χ3n) is 2.37. The number of methoxy groups -OCH3 is 1. The van der Waals surface area contributed by atoms with Crippen LogP contribution in [0.5, 0.6) is 5.75 Å². The lowest BCUT2D eigenvalue weighted by Gasteiger charge is -2.11. The van der Waals surface area contributed by atoms with Gasteiger partial charge in [0.15, 0.2) is 5.78 Å². The molecule has 0 bridgehead atoms. The zero-order chi connectivity index (χ0) is 12.0. The topological polar surface area (TPSA) is 38.3 Å². The van der Waals surface area contributed by atoms with Crippen molar-refractivity contribution >= 4 is 11.5 Å². The van der Waals surface area contributed by atoms with Gasteiger partial charge in [-0.2, -0.15) is 0 Å². The second-order valence-corrected chi connectivity index (χ2v) is 3.62. The number of Topliss-reactive ketones (excluding diaryl/α,β-unsaturated/α-hetero) is 1. The van der Waals surface area contributed by atoms with E-state index in [0.717, 1.165) is 30.0 Å². The fourth-order valence-corrected chi connectivity index (χ4v) is 1.58. The second-order valence-electron chi connectivity index (χ2n) is 3.62. The van der Waals surface area contributed by atoms with Crippen molar-refractivity contribution in [3.63, 3.8) is 0 Å². The summed E-state index contributed by atoms with van der Waals surface area (Å²) in [7, 11) is 1.63. The molecule has 0 radical (unpaired) electrons. The first-order valence-corrected chi connectivity index (χ1v) is 5.68. The van der Waals surface area contributed by atoms with E-state index in [4.69, 9.17) is 4.74 Å². The first-order chi connectivity index (χ1) is 7.72. The Morgan fingerprint density at radius 1 is 1.38 bits per heavy atom. The van der Waals surface area contributed by atoms with Crippen molar-refractivity contribution in [3.05, 3.63) is 23.8 Å². The Morgan fingerprint density at radius 3 is 2.69 bits per heavy atom. The molecule has 1 aromatic rings. The van der Waals surface area contributed by atoms with Gasteiger partial charge in [0, 0.05) is 18.5 Å². The molecule has 0 spiro atoms. The largest absolute Gasteiger partial charge is 0.495 e. The van der Waals surface area contributed by atoms with Crippen LogP contribution in [0.4, 0.5) is 5.69 Å². The quantitative estimate of drug-likeness (QED) is 0.750. The maximum atomic E-state index is 11.7. The molecule has 0 fully saturated rings. The molecule has 0 heterocycles. The van der Waals surface area contributed by atoms with E-state index in [9.17, 15) is 4.79 Å². The fourth-order valence-electron chi connectivity index (χ4n) is 1.58. The number of benzene rings is 1. The van der Waals surface area contributed by atoms with Gasteiger partial charge in [0.2, 0.25) is 0 Å². The number of hydrogen-bond donors (Lipinski definition) is 1. The van der Waals surface area contributed by atoms with Crippen LogP contribution in [-0.4, -0.2) is 19.4 Å². The summed E-state index contributed by atoms with van der Waals surface area (Å²) in [6.45, 7) is 4.83. The van der Waals surface area contributed by atoms with Crippen LogP contribution in [0.3, 0.4) is 0 Å². The van der Waals surface area contributed by atoms with Gasteiger partial charge in [-0.25, -0.2) is 0 Å². The molecular formula is C13H19NO2. The summed E-state index contributed by atoms with van der Waals surface area (Å²) < 4.78 is 5.22. The molecule has 0 amide bonds. The maximum absolute atomic E-state index is 11.7. The average molecular weight is 221 g/mol. The minimum absolute atomic E-state index is 0.185. The van der Waals surface area contributed by atoms with Crippen LogP contribution in [0.15, 0.2) is 18.2 Å². The summed E-state index contributed by atoms with van der Waals surface area (Å²) in [6, 6.07) is 5.51. The zero-order valence-electron chi connectivity index (χ0n) is 10.2. The Labute approximate surface area is 96.8 Å². The smallest absolute Gasteiger partial charge is 0.162 e. The first-order valence-electron chi connectivity index (χ1n) is 5.68. The highest BCUT2D eigenvalue weighted by Crippen LogP contribution is 2.25. The van der Waals surface area contributed by atoms with Crippen molar-refractivity contribution in [3.8, 4) is 5.75 Å². The summed E-state index contributed by atoms with van der Waals surface area (Å²) in [4.78, 5) is 11.7. The Hall–Kier alpha value is -1.51. The monoisotopic (exact) mass is 221 g/mol. The Kier molecular flexibility index (Phi) is 4.83. The van der Waals surface area contributed by atoms with Crippen molar-refractivity contribution < 1.29 is 9.53 Å². The second kappa shape index (κ2) is 6.16. The minimum Gasteiger partial charge on any atom is -0.495 e. The summed E-state index contributed by atoms with van der Waals surface area (Å²) >= 11 is 0. The van der Waals surface area contributed by atoms with E-state index in [1.165, 1.54) is 0 Å². The van der Waals surface area contributed by atoms with Crippen LogP contribution in [-0.2, 0) is 0 Å². The molecule has 3 nitrogen and oxygen atoms in total. The molecule has 0 saturated heterocycles. The van der Waals surface area contributed by atoms with Crippen LogP contribution < -0.4 is 10.1 Å². The molecule has 1 aromatic carbocycles. The molecule has 0 aliphatic heterocycles. The lowest BCUT2D eigenvalue weighted by molar-refractivity contribution is 0.0982. The lowest BCUT2D eigenvalue weighted by atomic mass is 10.1. The summed E-state index contributed by atoms with van der Waals surface area (Å²) in [6.07, 6.45) is 1.47. The molecule has 88 valence electrons. The molecular weight excluding hydrogens is 202 g/mol. The van der Waals surface area contributed by atoms with Gasteiger partial charge in [0.1, 0.15) is 5.75 Å². The first kappa shape index (κ1) is 12.6. The van der Waals surface area contributed by atoms with Crippen molar-refractivity contribution in [1.29, 1.82) is 0 Å². The van der Waals surface area contributed by atoms with Gasteiger partial charge in [0.25, 0.3) is 0 Å². The van der Waals surface area contributed by atoms with Gasteiger partial charge in [-0.1, -0.05) is 6.92 Å². The molecule has 0 aliphatic carbocycles. The van der Waals surface area contributed by atoms with Crippen molar-refractivity contribution in [2.24, 2.45) is 0 Å². The Morgan fingerprint density at radius 2 is 2.12 bits per heavy atom. The van der Waals surface area contributed by atoms with Gasteiger partial charge in [-0.15, -0.1) is 0 Å². The van der Waals surface area contributed by atoms with E-state index in [1.807, 2.05) is 32.0 Å². The number of carbonyl (C=O) groups excluding carboxylic acids is 1. The number of rotatable bonds is 6. The Bertz CT molecular complexity index is 361. The predicted octanol–water partition coefficient (Wildman–Crippen LogP) is 3.11. The lowest BCUT2D eigenvalue weighted by Crippen LogP contribution is -2.03. The highest BCUT2D eigenvalue weighted by atomic mass is 16.5. The molecule has 0 saturated carbocycles. The third kappa shape index (κ3) is 2.99. The average Bonchev–Trinajstić information content (AvgIpc) is 2.29. The number of ether oxygens (including phenoxy) is 1. The number of hydrogen-bond acceptors (Lipinski definition) is 3. The third-order valence-corrected chi connectivity index (χ3v) is 2.37. The number of anilines is 1. The molecule has 0 unspecified atom stereocenters. The highest BCUT2D eigenvalue weighted by molar-refractivity contribution is 5.97. The van der Waals surface area contributed by atoms with Crippen molar-refractivity contribution in [2.45, 2.75) is 26.7 Å². The highest BCUT2D eigenvalue weighted by Gasteiger charge is 2.08. The van der Waals surface area contributed by atoms with Crippen LogP contribution >= 0.6 is 0 Å². The summed E-state index contributed by atoms with van der Waals surface area (Å²) in [5, 5.41) is 3.19. The molecule has 1 rings (SSSR count). The minimum atomic E-state index is 0.185. The van der Waals surface area contributed by atoms with E-state index >= 15 is 0 Å². The summed E-state index contributed by atoms with van der Waals surface area (Å²) in [5.41, 5.74) is 1.63. The normalized spacial score (nSPS) is 9.94. The molecule has 0 atom stereocenters. The van der Waals surface area contributed by atoms with Gasteiger partial charge < -0.3 is 10.1 Å². The number of carbonyl (C=O) groups is 1. The van der Waals surface area contributed by atoms with Gasteiger partial charge in [0.05, 0.1) is 12.8 Å². The van der Waals surface area contributed by atoms with Gasteiger partial charge in [-0.05, 0) is 31.5 Å². The molecule has 1 N–H and O–H groups in total. The van der Waals surface area contributed by atoms with Crippen LogP contribution in [0.2, 0.25) is 0 Å². The molecule has 0 aliphatic rings. The fraction of sp³-hybridized carbons (Fsp3) is 0.462. The van der Waals surface area contributed by atoms with Crippen molar-refractivity contribution in [1.82, 2.24) is 0 Å². The number of nitrogens with one attached hydrogen (secondary N) is 1. The molecule has 0 aromatic heterocycles. The van der Waals surface area contributed by atoms with Crippen LogP contribution in [0.1, 0.15) is 37.0 Å². The number of ketones is 1. The zero-order valence-corrected chi connectivity index (χ0v) is 10.2. The van der Waals surface area contributed by atoms with Crippen molar-refractivity contribution in [2.75, 3.05) is 19.0 Å². The molecule has 3 heteroatoms. The van der Waals surface area contributed by atoms with E-state index in [1.54, 1.807) is 7.11 Å². The SMILES string of the molecule is CCCC(=O)c1ccc(OC)c(NCC)c1. The van der Waals surface area contributed by atoms with Gasteiger partial charge >= 0.3 is 0 Å². The maximum Gasteiger partial charge on any atom is 0.162 e. The molecule has 16 heavy (non-hydrogen) atoms. The predicted molar refractivity (Wildman–Crippen MR) is 66.4 cm³/mol. The van der Waals surface area contributed by atoms with Crippen LogP contribution in [0.25, 0.3) is 0 Å². The van der Waals surface area contributed by atoms with E-state index in [2.05, 4.69) is 5.32 Å². The van der Waals surface area contributed by atoms with E-state index in [0.29, 0.717) is 6.42 Å². The van der Waals surface area contributed by atoms with Crippen LogP contribution in [0, 0.1) is 0 Å². The van der Waals surface area contributed by atoms with E-state index in [-0.39, 0.29) is 5.78 Å². The Balaban J connectivity index is 2.96. The van der Waals surface area contributed by atoms with Gasteiger partial charge in [-0.3, -0.25) is 4.79 Å². The summed E-state index contributed by atoms with van der Waals surface area (Å²) in [5.74, 6) is 0.958.